The van der Waals surface area contributed by atoms with E-state index in [1.54, 1.807) is 0 Å². The van der Waals surface area contributed by atoms with Crippen LogP contribution in [-0.2, 0) is 0 Å². The SMILES string of the molecule is CCCNc1ccnc(C2CC2(C)C)n1. The smallest absolute Gasteiger partial charge is 0.134 e. The van der Waals surface area contributed by atoms with Crippen molar-refractivity contribution in [2.45, 2.75) is 39.5 Å². The van der Waals surface area contributed by atoms with Crippen molar-refractivity contribution in [1.29, 1.82) is 0 Å². The summed E-state index contributed by atoms with van der Waals surface area (Å²) in [4.78, 5) is 8.90. The summed E-state index contributed by atoms with van der Waals surface area (Å²) in [5.41, 5.74) is 0.406. The van der Waals surface area contributed by atoms with Crippen molar-refractivity contribution in [2.24, 2.45) is 5.41 Å². The zero-order valence-corrected chi connectivity index (χ0v) is 9.75. The Balaban J connectivity index is 2.07. The molecule has 0 amide bonds. The highest BCUT2D eigenvalue weighted by atomic mass is 15.0. The lowest BCUT2D eigenvalue weighted by Gasteiger charge is -2.06. The lowest BCUT2D eigenvalue weighted by Crippen LogP contribution is -2.05. The van der Waals surface area contributed by atoms with Crippen LogP contribution in [0.15, 0.2) is 12.3 Å². The second kappa shape index (κ2) is 3.80. The Hall–Kier alpha value is -1.12. The van der Waals surface area contributed by atoms with Gasteiger partial charge in [0.05, 0.1) is 0 Å². The van der Waals surface area contributed by atoms with Crippen LogP contribution in [0.1, 0.15) is 45.4 Å². The van der Waals surface area contributed by atoms with Crippen LogP contribution in [0.3, 0.4) is 0 Å². The summed E-state index contributed by atoms with van der Waals surface area (Å²) in [5, 5.41) is 3.29. The Kier molecular flexibility index (Phi) is 2.63. The molecule has 3 heteroatoms. The Bertz CT molecular complexity index is 346. The topological polar surface area (TPSA) is 37.8 Å². The minimum Gasteiger partial charge on any atom is -0.370 e. The van der Waals surface area contributed by atoms with Crippen molar-refractivity contribution in [3.63, 3.8) is 0 Å². The van der Waals surface area contributed by atoms with E-state index in [0.717, 1.165) is 24.6 Å². The fraction of sp³-hybridized carbons (Fsp3) is 0.667. The lowest BCUT2D eigenvalue weighted by atomic mass is 10.1. The molecule has 1 fully saturated rings. The molecule has 1 saturated carbocycles. The molecule has 1 aliphatic rings. The van der Waals surface area contributed by atoms with E-state index in [-0.39, 0.29) is 0 Å². The summed E-state index contributed by atoms with van der Waals surface area (Å²) in [6.45, 7) is 7.67. The van der Waals surface area contributed by atoms with Gasteiger partial charge < -0.3 is 5.32 Å². The monoisotopic (exact) mass is 205 g/mol. The zero-order chi connectivity index (χ0) is 10.9. The largest absolute Gasteiger partial charge is 0.370 e. The average molecular weight is 205 g/mol. The lowest BCUT2D eigenvalue weighted by molar-refractivity contribution is 0.608. The first kappa shape index (κ1) is 10.4. The summed E-state index contributed by atoms with van der Waals surface area (Å²) < 4.78 is 0. The van der Waals surface area contributed by atoms with Gasteiger partial charge >= 0.3 is 0 Å². The van der Waals surface area contributed by atoms with Gasteiger partial charge in [-0.2, -0.15) is 0 Å². The van der Waals surface area contributed by atoms with E-state index in [2.05, 4.69) is 36.1 Å². The molecule has 1 aliphatic carbocycles. The number of anilines is 1. The maximum atomic E-state index is 4.55. The molecule has 1 unspecified atom stereocenters. The van der Waals surface area contributed by atoms with Gasteiger partial charge in [-0.25, -0.2) is 9.97 Å². The number of hydrogen-bond acceptors (Lipinski definition) is 3. The van der Waals surface area contributed by atoms with Crippen LogP contribution in [0.2, 0.25) is 0 Å². The number of nitrogens with one attached hydrogen (secondary N) is 1. The van der Waals surface area contributed by atoms with Crippen LogP contribution in [0.5, 0.6) is 0 Å². The van der Waals surface area contributed by atoms with E-state index in [4.69, 9.17) is 0 Å². The van der Waals surface area contributed by atoms with Gasteiger partial charge in [0.25, 0.3) is 0 Å². The maximum absolute atomic E-state index is 4.55. The van der Waals surface area contributed by atoms with Crippen molar-refractivity contribution < 1.29 is 0 Å². The molecule has 1 aromatic rings. The van der Waals surface area contributed by atoms with E-state index in [1.807, 2.05) is 12.3 Å². The minimum atomic E-state index is 0.406. The van der Waals surface area contributed by atoms with Crippen molar-refractivity contribution >= 4 is 5.82 Å². The highest BCUT2D eigenvalue weighted by Crippen LogP contribution is 2.57. The van der Waals surface area contributed by atoms with Crippen molar-refractivity contribution in [3.05, 3.63) is 18.1 Å². The quantitative estimate of drug-likeness (QED) is 0.821. The molecular formula is C12H19N3. The van der Waals surface area contributed by atoms with Gasteiger partial charge in [-0.1, -0.05) is 20.8 Å². The first-order chi connectivity index (χ1) is 7.13. The average Bonchev–Trinajstić information content (AvgIpc) is 2.85. The fourth-order valence-electron chi connectivity index (χ4n) is 1.80. The van der Waals surface area contributed by atoms with E-state index in [1.165, 1.54) is 6.42 Å². The third kappa shape index (κ3) is 2.28. The van der Waals surface area contributed by atoms with E-state index in [0.29, 0.717) is 11.3 Å². The molecule has 2 rings (SSSR count). The number of rotatable bonds is 4. The summed E-state index contributed by atoms with van der Waals surface area (Å²) in [6.07, 6.45) is 4.19. The Morgan fingerprint density at radius 2 is 2.27 bits per heavy atom. The summed E-state index contributed by atoms with van der Waals surface area (Å²) in [7, 11) is 0. The highest BCUT2D eigenvalue weighted by Gasteiger charge is 2.48. The molecule has 3 nitrogen and oxygen atoms in total. The molecule has 1 heterocycles. The molecule has 0 saturated heterocycles. The van der Waals surface area contributed by atoms with Gasteiger partial charge in [0.15, 0.2) is 0 Å². The molecule has 1 atom stereocenters. The second-order valence-corrected chi connectivity index (χ2v) is 4.97. The number of nitrogens with zero attached hydrogens (tertiary/aromatic N) is 2. The van der Waals surface area contributed by atoms with Gasteiger partial charge in [0.2, 0.25) is 0 Å². The van der Waals surface area contributed by atoms with Gasteiger partial charge in [-0.3, -0.25) is 0 Å². The second-order valence-electron chi connectivity index (χ2n) is 4.97. The third-order valence-corrected chi connectivity index (χ3v) is 3.06. The molecule has 1 aromatic heterocycles. The maximum Gasteiger partial charge on any atom is 0.134 e. The number of hydrogen-bond donors (Lipinski definition) is 1. The molecule has 0 bridgehead atoms. The van der Waals surface area contributed by atoms with Gasteiger partial charge in [0.1, 0.15) is 11.6 Å². The van der Waals surface area contributed by atoms with E-state index < -0.39 is 0 Å². The highest BCUT2D eigenvalue weighted by molar-refractivity contribution is 5.34. The van der Waals surface area contributed by atoms with Crippen LogP contribution >= 0.6 is 0 Å². The molecule has 15 heavy (non-hydrogen) atoms. The van der Waals surface area contributed by atoms with Crippen LogP contribution in [-0.4, -0.2) is 16.5 Å². The summed E-state index contributed by atoms with van der Waals surface area (Å²) >= 11 is 0. The van der Waals surface area contributed by atoms with Crippen molar-refractivity contribution in [2.75, 3.05) is 11.9 Å². The standard InChI is InChI=1S/C12H19N3/c1-4-6-13-10-5-7-14-11(15-10)9-8-12(9,2)3/h5,7,9H,4,6,8H2,1-3H3,(H,13,14,15). The van der Waals surface area contributed by atoms with Gasteiger partial charge in [-0.15, -0.1) is 0 Å². The van der Waals surface area contributed by atoms with Crippen LogP contribution in [0.25, 0.3) is 0 Å². The van der Waals surface area contributed by atoms with E-state index in [9.17, 15) is 0 Å². The zero-order valence-electron chi connectivity index (χ0n) is 9.75. The van der Waals surface area contributed by atoms with Crippen LogP contribution < -0.4 is 5.32 Å². The first-order valence-electron chi connectivity index (χ1n) is 5.70. The molecule has 82 valence electrons. The molecule has 0 spiro atoms. The summed E-state index contributed by atoms with van der Waals surface area (Å²) in [6, 6.07) is 1.94. The van der Waals surface area contributed by atoms with Crippen LogP contribution in [0.4, 0.5) is 5.82 Å². The van der Waals surface area contributed by atoms with Crippen LogP contribution in [0, 0.1) is 5.41 Å². The normalized spacial score (nSPS) is 22.5. The minimum absolute atomic E-state index is 0.406. The van der Waals surface area contributed by atoms with Gasteiger partial charge in [-0.05, 0) is 24.3 Å². The predicted molar refractivity (Wildman–Crippen MR) is 62.0 cm³/mol. The van der Waals surface area contributed by atoms with E-state index >= 15 is 0 Å². The molecule has 0 aliphatic heterocycles. The van der Waals surface area contributed by atoms with Crippen molar-refractivity contribution in [1.82, 2.24) is 9.97 Å². The molecule has 0 aromatic carbocycles. The van der Waals surface area contributed by atoms with Crippen molar-refractivity contribution in [3.8, 4) is 0 Å². The number of aromatic nitrogens is 2. The first-order valence-corrected chi connectivity index (χ1v) is 5.70. The Morgan fingerprint density at radius 1 is 1.53 bits per heavy atom. The predicted octanol–water partition coefficient (Wildman–Crippen LogP) is 2.81. The Labute approximate surface area is 91.3 Å². The molecule has 0 radical (unpaired) electrons. The molecule has 1 N–H and O–H groups in total. The Morgan fingerprint density at radius 3 is 2.87 bits per heavy atom. The fourth-order valence-corrected chi connectivity index (χ4v) is 1.80. The molecular weight excluding hydrogens is 186 g/mol. The third-order valence-electron chi connectivity index (χ3n) is 3.06. The van der Waals surface area contributed by atoms with Gasteiger partial charge in [0, 0.05) is 18.7 Å². The summed E-state index contributed by atoms with van der Waals surface area (Å²) in [5.74, 6) is 2.52.